The Bertz CT molecular complexity index is 1190. The molecule has 1 saturated heterocycles. The van der Waals surface area contributed by atoms with E-state index in [-0.39, 0.29) is 11.3 Å². The highest BCUT2D eigenvalue weighted by Crippen LogP contribution is 2.40. The number of nitrogens with zero attached hydrogens (tertiary/aromatic N) is 2. The number of rotatable bonds is 6. The fraction of sp³-hybridized carbons (Fsp3) is 0.185. The van der Waals surface area contributed by atoms with Gasteiger partial charge in [0.25, 0.3) is 11.7 Å². The van der Waals surface area contributed by atoms with Gasteiger partial charge in [-0.05, 0) is 53.9 Å². The lowest BCUT2D eigenvalue weighted by atomic mass is 9.95. The molecule has 1 unspecified atom stereocenters. The Kier molecular flexibility index (Phi) is 6.52. The van der Waals surface area contributed by atoms with Crippen molar-refractivity contribution in [2.24, 2.45) is 0 Å². The van der Waals surface area contributed by atoms with Crippen LogP contribution in [0.1, 0.15) is 22.7 Å². The third-order valence-corrected chi connectivity index (χ3v) is 6.12. The first-order valence-electron chi connectivity index (χ1n) is 10.7. The van der Waals surface area contributed by atoms with Gasteiger partial charge in [0.2, 0.25) is 0 Å². The van der Waals surface area contributed by atoms with Crippen LogP contribution in [-0.4, -0.2) is 42.3 Å². The molecule has 3 aromatic carbocycles. The van der Waals surface area contributed by atoms with Gasteiger partial charge < -0.3 is 14.9 Å². The van der Waals surface area contributed by atoms with Gasteiger partial charge in [-0.3, -0.25) is 9.59 Å². The molecule has 168 valence electrons. The summed E-state index contributed by atoms with van der Waals surface area (Å²) in [4.78, 5) is 29.7. The smallest absolute Gasteiger partial charge is 0.295 e. The molecule has 6 heteroatoms. The fourth-order valence-corrected chi connectivity index (χ4v) is 4.20. The fourth-order valence-electron chi connectivity index (χ4n) is 4.07. The van der Waals surface area contributed by atoms with E-state index in [9.17, 15) is 14.7 Å². The number of anilines is 1. The van der Waals surface area contributed by atoms with E-state index in [1.54, 1.807) is 29.2 Å². The second-order valence-electron chi connectivity index (χ2n) is 8.22. The van der Waals surface area contributed by atoms with E-state index in [2.05, 4.69) is 0 Å². The van der Waals surface area contributed by atoms with Crippen molar-refractivity contribution in [1.29, 1.82) is 0 Å². The first-order valence-corrected chi connectivity index (χ1v) is 11.1. The van der Waals surface area contributed by atoms with Crippen LogP contribution in [0.25, 0.3) is 5.76 Å². The van der Waals surface area contributed by atoms with Gasteiger partial charge in [-0.15, -0.1) is 0 Å². The van der Waals surface area contributed by atoms with Crippen molar-refractivity contribution in [1.82, 2.24) is 4.90 Å². The van der Waals surface area contributed by atoms with Crippen LogP contribution in [0.5, 0.6) is 0 Å². The zero-order chi connectivity index (χ0) is 23.5. The average Bonchev–Trinajstić information content (AvgIpc) is 3.08. The van der Waals surface area contributed by atoms with Crippen LogP contribution >= 0.6 is 11.6 Å². The van der Waals surface area contributed by atoms with E-state index in [4.69, 9.17) is 11.6 Å². The molecule has 1 N–H and O–H groups in total. The average molecular weight is 461 g/mol. The molecular weight excluding hydrogens is 436 g/mol. The van der Waals surface area contributed by atoms with E-state index in [1.165, 1.54) is 0 Å². The Hall–Kier alpha value is -3.57. The normalized spacial score (nSPS) is 17.4. The number of likely N-dealkylation sites (tertiary alicyclic amines) is 1. The monoisotopic (exact) mass is 460 g/mol. The molecule has 0 radical (unpaired) electrons. The second-order valence-corrected chi connectivity index (χ2v) is 8.66. The second kappa shape index (κ2) is 9.51. The molecule has 1 heterocycles. The molecule has 0 saturated carbocycles. The lowest BCUT2D eigenvalue weighted by Crippen LogP contribution is -2.31. The summed E-state index contributed by atoms with van der Waals surface area (Å²) in [5, 5.41) is 11.6. The van der Waals surface area contributed by atoms with Gasteiger partial charge in [0, 0.05) is 36.9 Å². The highest BCUT2D eigenvalue weighted by molar-refractivity contribution is 6.46. The minimum Gasteiger partial charge on any atom is -0.507 e. The number of Topliss-reactive ketones (excluding diaryl/α,β-unsaturated/α-hetero) is 1. The van der Waals surface area contributed by atoms with Gasteiger partial charge in [-0.1, -0.05) is 54.1 Å². The molecule has 1 amide bonds. The van der Waals surface area contributed by atoms with Gasteiger partial charge in [-0.25, -0.2) is 0 Å². The molecule has 1 aliphatic heterocycles. The van der Waals surface area contributed by atoms with Crippen LogP contribution in [0.3, 0.4) is 0 Å². The lowest BCUT2D eigenvalue weighted by molar-refractivity contribution is -0.139. The third-order valence-electron chi connectivity index (χ3n) is 5.87. The van der Waals surface area contributed by atoms with Crippen molar-refractivity contribution >= 4 is 34.7 Å². The first-order chi connectivity index (χ1) is 15.9. The highest BCUT2D eigenvalue weighted by atomic mass is 35.5. The summed E-state index contributed by atoms with van der Waals surface area (Å²) in [5.74, 6) is -1.49. The molecule has 33 heavy (non-hydrogen) atoms. The summed E-state index contributed by atoms with van der Waals surface area (Å²) in [6, 6.07) is 23.4. The maximum atomic E-state index is 13.1. The van der Waals surface area contributed by atoms with Crippen molar-refractivity contribution in [3.63, 3.8) is 0 Å². The summed E-state index contributed by atoms with van der Waals surface area (Å²) in [6.45, 7) is 0.353. The number of hydrogen-bond acceptors (Lipinski definition) is 4. The summed E-state index contributed by atoms with van der Waals surface area (Å²) in [7, 11) is 3.89. The maximum Gasteiger partial charge on any atom is 0.295 e. The Morgan fingerprint density at radius 2 is 1.58 bits per heavy atom. The van der Waals surface area contributed by atoms with Crippen LogP contribution in [0, 0.1) is 0 Å². The molecular formula is C27H25ClN2O3. The van der Waals surface area contributed by atoms with Crippen molar-refractivity contribution in [2.45, 2.75) is 12.5 Å². The number of carbonyl (C=O) groups excluding carboxylic acids is 2. The van der Waals surface area contributed by atoms with Gasteiger partial charge in [0.05, 0.1) is 11.6 Å². The van der Waals surface area contributed by atoms with Crippen LogP contribution in [0.2, 0.25) is 5.02 Å². The number of benzene rings is 3. The Morgan fingerprint density at radius 3 is 2.18 bits per heavy atom. The van der Waals surface area contributed by atoms with Gasteiger partial charge in [-0.2, -0.15) is 0 Å². The molecule has 0 aliphatic carbocycles. The molecule has 1 aliphatic rings. The third kappa shape index (κ3) is 4.64. The predicted octanol–water partition coefficient (Wildman–Crippen LogP) is 5.07. The van der Waals surface area contributed by atoms with Crippen molar-refractivity contribution < 1.29 is 14.7 Å². The van der Waals surface area contributed by atoms with E-state index < -0.39 is 17.7 Å². The van der Waals surface area contributed by atoms with Gasteiger partial charge in [0.1, 0.15) is 5.76 Å². The topological polar surface area (TPSA) is 60.9 Å². The van der Waals surface area contributed by atoms with Crippen molar-refractivity contribution in [2.75, 3.05) is 25.5 Å². The standard InChI is InChI=1S/C27H25ClN2O3/c1-29(2)22-14-10-19(11-15-22)24-23(25(31)20-8-12-21(28)13-9-20)26(32)27(33)30(24)17-16-18-6-4-3-5-7-18/h3-15,24,31H,16-17H2,1-2H3. The van der Waals surface area contributed by atoms with Crippen molar-refractivity contribution in [3.05, 3.63) is 106 Å². The molecule has 3 aromatic rings. The van der Waals surface area contributed by atoms with E-state index >= 15 is 0 Å². The summed E-state index contributed by atoms with van der Waals surface area (Å²) in [5.41, 5.74) is 3.36. The van der Waals surface area contributed by atoms with Crippen LogP contribution < -0.4 is 4.90 Å². The maximum absolute atomic E-state index is 13.1. The Labute approximate surface area is 198 Å². The molecule has 1 fully saturated rings. The molecule has 0 aromatic heterocycles. The number of hydrogen-bond donors (Lipinski definition) is 1. The Balaban J connectivity index is 1.78. The number of carbonyl (C=O) groups is 2. The molecule has 0 spiro atoms. The number of ketones is 1. The van der Waals surface area contributed by atoms with Crippen LogP contribution in [-0.2, 0) is 16.0 Å². The number of aliphatic hydroxyl groups is 1. The highest BCUT2D eigenvalue weighted by Gasteiger charge is 2.45. The summed E-state index contributed by atoms with van der Waals surface area (Å²) in [6.07, 6.45) is 0.598. The van der Waals surface area contributed by atoms with E-state index in [1.807, 2.05) is 73.6 Å². The minimum atomic E-state index is -0.683. The zero-order valence-electron chi connectivity index (χ0n) is 18.5. The van der Waals surface area contributed by atoms with Crippen LogP contribution in [0.4, 0.5) is 5.69 Å². The number of amides is 1. The van der Waals surface area contributed by atoms with E-state index in [0.717, 1.165) is 16.8 Å². The predicted molar refractivity (Wildman–Crippen MR) is 131 cm³/mol. The molecule has 4 rings (SSSR count). The molecule has 1 atom stereocenters. The summed E-state index contributed by atoms with van der Waals surface area (Å²) >= 11 is 5.98. The Morgan fingerprint density at radius 1 is 0.939 bits per heavy atom. The minimum absolute atomic E-state index is 0.0907. The zero-order valence-corrected chi connectivity index (χ0v) is 19.3. The first kappa shape index (κ1) is 22.6. The number of halogens is 1. The SMILES string of the molecule is CN(C)c1ccc(C2C(=C(O)c3ccc(Cl)cc3)C(=O)C(=O)N2CCc2ccccc2)cc1. The van der Waals surface area contributed by atoms with Crippen molar-refractivity contribution in [3.8, 4) is 0 Å². The summed E-state index contributed by atoms with van der Waals surface area (Å²) < 4.78 is 0. The van der Waals surface area contributed by atoms with Gasteiger partial charge >= 0.3 is 0 Å². The lowest BCUT2D eigenvalue weighted by Gasteiger charge is -2.26. The molecule has 0 bridgehead atoms. The van der Waals surface area contributed by atoms with Gasteiger partial charge in [0.15, 0.2) is 0 Å². The molecule has 5 nitrogen and oxygen atoms in total. The number of aliphatic hydroxyl groups excluding tert-OH is 1. The van der Waals surface area contributed by atoms with E-state index in [0.29, 0.717) is 23.6 Å². The largest absolute Gasteiger partial charge is 0.507 e. The quantitative estimate of drug-likeness (QED) is 0.317. The van der Waals surface area contributed by atoms with Crippen LogP contribution in [0.15, 0.2) is 84.4 Å².